The molecule has 2 heterocycles. The normalized spacial score (nSPS) is 15.2. The van der Waals surface area contributed by atoms with Crippen LogP contribution in [-0.4, -0.2) is 54.0 Å². The van der Waals surface area contributed by atoms with Crippen LogP contribution in [0.2, 0.25) is 5.02 Å². The lowest BCUT2D eigenvalue weighted by Gasteiger charge is -2.32. The smallest absolute Gasteiger partial charge is 0.254 e. The molecule has 0 radical (unpaired) electrons. The molecule has 1 aliphatic heterocycles. The largest absolute Gasteiger partial charge is 0.348 e. The monoisotopic (exact) mass is 359 g/mol. The number of anilines is 1. The summed E-state index contributed by atoms with van der Waals surface area (Å²) in [5, 5.41) is 3.52. The lowest BCUT2D eigenvalue weighted by Crippen LogP contribution is -2.45. The molecule has 1 fully saturated rings. The third kappa shape index (κ3) is 4.27. The summed E-state index contributed by atoms with van der Waals surface area (Å²) in [7, 11) is 2.11. The van der Waals surface area contributed by atoms with Crippen molar-refractivity contribution in [3.8, 4) is 0 Å². The van der Waals surface area contributed by atoms with Crippen molar-refractivity contribution in [2.45, 2.75) is 13.5 Å². The Kier molecular flexibility index (Phi) is 5.50. The zero-order chi connectivity index (χ0) is 17.8. The number of piperazine rings is 1. The van der Waals surface area contributed by atoms with Crippen LogP contribution in [0, 0.1) is 6.92 Å². The van der Waals surface area contributed by atoms with Gasteiger partial charge in [0, 0.05) is 43.9 Å². The molecule has 132 valence electrons. The van der Waals surface area contributed by atoms with E-state index in [2.05, 4.69) is 32.1 Å². The highest BCUT2D eigenvalue weighted by atomic mass is 35.5. The number of halogens is 1. The number of carbonyl (C=O) groups excluding carboxylic acids is 1. The second-order valence-corrected chi connectivity index (χ2v) is 6.64. The van der Waals surface area contributed by atoms with Gasteiger partial charge in [0.1, 0.15) is 0 Å². The van der Waals surface area contributed by atoms with Crippen LogP contribution in [0.5, 0.6) is 0 Å². The molecule has 1 saturated heterocycles. The van der Waals surface area contributed by atoms with Crippen LogP contribution < -0.4 is 10.2 Å². The molecule has 0 spiro atoms. The zero-order valence-electron chi connectivity index (χ0n) is 14.5. The summed E-state index contributed by atoms with van der Waals surface area (Å²) < 4.78 is 0. The fraction of sp³-hybridized carbons (Fsp3) is 0.389. The van der Waals surface area contributed by atoms with E-state index in [1.54, 1.807) is 6.20 Å². The van der Waals surface area contributed by atoms with E-state index in [9.17, 15) is 4.79 Å². The van der Waals surface area contributed by atoms with Gasteiger partial charge in [-0.15, -0.1) is 0 Å². The average molecular weight is 360 g/mol. The number of amides is 1. The molecular weight excluding hydrogens is 338 g/mol. The van der Waals surface area contributed by atoms with Crippen LogP contribution in [0.15, 0.2) is 30.5 Å². The fourth-order valence-corrected chi connectivity index (χ4v) is 2.95. The van der Waals surface area contributed by atoms with Crippen molar-refractivity contribution in [1.82, 2.24) is 20.2 Å². The molecular formula is C18H22ClN5O. The maximum atomic E-state index is 12.4. The van der Waals surface area contributed by atoms with Crippen molar-refractivity contribution >= 4 is 23.5 Å². The van der Waals surface area contributed by atoms with Crippen molar-refractivity contribution < 1.29 is 4.79 Å². The lowest BCUT2D eigenvalue weighted by molar-refractivity contribution is 0.0949. The predicted molar refractivity (Wildman–Crippen MR) is 99.1 cm³/mol. The number of hydrogen-bond donors (Lipinski definition) is 1. The number of nitrogens with one attached hydrogen (secondary N) is 1. The number of likely N-dealkylation sites (N-methyl/N-ethyl adjacent to an activating group) is 1. The molecule has 7 heteroatoms. The standard InChI is InChI=1S/C18H22ClN5O/c1-13-15(17(25)20-11-14-5-3-4-6-16(14)19)12-21-18(22-13)24-9-7-23(2)8-10-24/h3-6,12H,7-11H2,1-2H3,(H,20,25). The number of carbonyl (C=O) groups is 1. The molecule has 0 aliphatic carbocycles. The summed E-state index contributed by atoms with van der Waals surface area (Å²) in [6, 6.07) is 7.46. The van der Waals surface area contributed by atoms with Crippen LogP contribution in [0.4, 0.5) is 5.95 Å². The molecule has 1 aliphatic rings. The van der Waals surface area contributed by atoms with Gasteiger partial charge in [0.15, 0.2) is 0 Å². The first-order valence-corrected chi connectivity index (χ1v) is 8.71. The van der Waals surface area contributed by atoms with Crippen LogP contribution >= 0.6 is 11.6 Å². The lowest BCUT2D eigenvalue weighted by atomic mass is 10.2. The summed E-state index contributed by atoms with van der Waals surface area (Å²) in [4.78, 5) is 25.8. The Bertz CT molecular complexity index is 759. The molecule has 6 nitrogen and oxygen atoms in total. The van der Waals surface area contributed by atoms with Crippen molar-refractivity contribution in [1.29, 1.82) is 0 Å². The molecule has 1 aromatic heterocycles. The van der Waals surface area contributed by atoms with E-state index >= 15 is 0 Å². The Morgan fingerprint density at radius 2 is 1.96 bits per heavy atom. The molecule has 1 aromatic carbocycles. The molecule has 0 atom stereocenters. The Labute approximate surface area is 152 Å². The number of aromatic nitrogens is 2. The van der Waals surface area contributed by atoms with E-state index in [0.717, 1.165) is 31.7 Å². The van der Waals surface area contributed by atoms with E-state index in [4.69, 9.17) is 11.6 Å². The minimum Gasteiger partial charge on any atom is -0.348 e. The van der Waals surface area contributed by atoms with Crippen LogP contribution in [0.3, 0.4) is 0 Å². The zero-order valence-corrected chi connectivity index (χ0v) is 15.3. The Balaban J connectivity index is 1.66. The van der Waals surface area contributed by atoms with E-state index in [0.29, 0.717) is 28.8 Å². The number of hydrogen-bond acceptors (Lipinski definition) is 5. The summed E-state index contributed by atoms with van der Waals surface area (Å²) in [6.45, 7) is 5.98. The van der Waals surface area contributed by atoms with Crippen LogP contribution in [-0.2, 0) is 6.54 Å². The SMILES string of the molecule is Cc1nc(N2CCN(C)CC2)ncc1C(=O)NCc1ccccc1Cl. The maximum absolute atomic E-state index is 12.4. The Morgan fingerprint density at radius 3 is 2.64 bits per heavy atom. The summed E-state index contributed by atoms with van der Waals surface area (Å²) in [5.74, 6) is 0.496. The van der Waals surface area contributed by atoms with Gasteiger partial charge in [0.25, 0.3) is 5.91 Å². The highest BCUT2D eigenvalue weighted by Crippen LogP contribution is 2.16. The highest BCUT2D eigenvalue weighted by Gasteiger charge is 2.18. The summed E-state index contributed by atoms with van der Waals surface area (Å²) in [5.41, 5.74) is 2.05. The fourth-order valence-electron chi connectivity index (χ4n) is 2.75. The molecule has 1 N–H and O–H groups in total. The van der Waals surface area contributed by atoms with Gasteiger partial charge in [-0.1, -0.05) is 29.8 Å². The quantitative estimate of drug-likeness (QED) is 0.906. The molecule has 3 rings (SSSR count). The van der Waals surface area contributed by atoms with Crippen molar-refractivity contribution in [2.75, 3.05) is 38.1 Å². The van der Waals surface area contributed by atoms with Gasteiger partial charge in [-0.05, 0) is 25.6 Å². The van der Waals surface area contributed by atoms with Crippen molar-refractivity contribution in [2.24, 2.45) is 0 Å². The molecule has 0 bridgehead atoms. The van der Waals surface area contributed by atoms with Crippen LogP contribution in [0.1, 0.15) is 21.6 Å². The molecule has 0 unspecified atom stereocenters. The predicted octanol–water partition coefficient (Wildman–Crippen LogP) is 2.12. The number of nitrogens with zero attached hydrogens (tertiary/aromatic N) is 4. The van der Waals surface area contributed by atoms with E-state index in [-0.39, 0.29) is 5.91 Å². The minimum atomic E-state index is -0.192. The minimum absolute atomic E-state index is 0.192. The van der Waals surface area contributed by atoms with Crippen molar-refractivity contribution in [3.63, 3.8) is 0 Å². The highest BCUT2D eigenvalue weighted by molar-refractivity contribution is 6.31. The van der Waals surface area contributed by atoms with Gasteiger partial charge in [-0.2, -0.15) is 0 Å². The topological polar surface area (TPSA) is 61.4 Å². The van der Waals surface area contributed by atoms with Gasteiger partial charge in [0.05, 0.1) is 11.3 Å². The summed E-state index contributed by atoms with van der Waals surface area (Å²) in [6.07, 6.45) is 1.61. The number of rotatable bonds is 4. The average Bonchev–Trinajstić information content (AvgIpc) is 2.61. The third-order valence-electron chi connectivity index (χ3n) is 4.39. The first-order chi connectivity index (χ1) is 12.0. The number of aryl methyl sites for hydroxylation is 1. The van der Waals surface area contributed by atoms with E-state index < -0.39 is 0 Å². The second-order valence-electron chi connectivity index (χ2n) is 6.23. The van der Waals surface area contributed by atoms with Gasteiger partial charge >= 0.3 is 0 Å². The first kappa shape index (κ1) is 17.6. The molecule has 25 heavy (non-hydrogen) atoms. The number of benzene rings is 1. The third-order valence-corrected chi connectivity index (χ3v) is 4.76. The van der Waals surface area contributed by atoms with Gasteiger partial charge < -0.3 is 15.1 Å². The molecule has 0 saturated carbocycles. The van der Waals surface area contributed by atoms with Gasteiger partial charge in [-0.25, -0.2) is 9.97 Å². The van der Waals surface area contributed by atoms with E-state index in [1.165, 1.54) is 0 Å². The van der Waals surface area contributed by atoms with E-state index in [1.807, 2.05) is 31.2 Å². The van der Waals surface area contributed by atoms with Gasteiger partial charge in [-0.3, -0.25) is 4.79 Å². The van der Waals surface area contributed by atoms with Crippen LogP contribution in [0.25, 0.3) is 0 Å². The Morgan fingerprint density at radius 1 is 1.24 bits per heavy atom. The first-order valence-electron chi connectivity index (χ1n) is 8.33. The second kappa shape index (κ2) is 7.80. The molecule has 1 amide bonds. The maximum Gasteiger partial charge on any atom is 0.254 e. The summed E-state index contributed by atoms with van der Waals surface area (Å²) >= 11 is 6.12. The molecule has 2 aromatic rings. The Hall–Kier alpha value is -2.18. The van der Waals surface area contributed by atoms with Gasteiger partial charge in [0.2, 0.25) is 5.95 Å². The van der Waals surface area contributed by atoms with Crippen molar-refractivity contribution in [3.05, 3.63) is 52.3 Å².